The molecule has 2 atom stereocenters. The molecule has 0 fully saturated rings. The highest BCUT2D eigenvalue weighted by Gasteiger charge is 2.18. The first-order valence-corrected chi connectivity index (χ1v) is 6.31. The summed E-state index contributed by atoms with van der Waals surface area (Å²) < 4.78 is 18.5. The summed E-state index contributed by atoms with van der Waals surface area (Å²) in [6, 6.07) is 4.82. The molecule has 1 aromatic rings. The third kappa shape index (κ3) is 3.43. The van der Waals surface area contributed by atoms with Crippen molar-refractivity contribution in [1.82, 2.24) is 0 Å². The Balaban J connectivity index is 3.12. The maximum absolute atomic E-state index is 13.3. The van der Waals surface area contributed by atoms with Gasteiger partial charge in [-0.25, -0.2) is 4.39 Å². The molecule has 18 heavy (non-hydrogen) atoms. The summed E-state index contributed by atoms with van der Waals surface area (Å²) in [7, 11) is 1.68. The number of hydrogen-bond acceptors (Lipinski definition) is 3. The van der Waals surface area contributed by atoms with Gasteiger partial charge in [-0.15, -0.1) is 0 Å². The van der Waals surface area contributed by atoms with Crippen LogP contribution in [-0.2, 0) is 4.74 Å². The van der Waals surface area contributed by atoms with Crippen molar-refractivity contribution in [3.8, 4) is 0 Å². The maximum atomic E-state index is 13.3. The maximum Gasteiger partial charge on any atom is 0.123 e. The highest BCUT2D eigenvalue weighted by atomic mass is 19.1. The fraction of sp³-hybridized carbons (Fsp3) is 0.571. The second kappa shape index (κ2) is 6.71. The van der Waals surface area contributed by atoms with Crippen LogP contribution in [0.25, 0.3) is 0 Å². The number of hydrogen-bond donors (Lipinski definition) is 1. The van der Waals surface area contributed by atoms with Crippen LogP contribution in [0.4, 0.5) is 10.1 Å². The minimum absolute atomic E-state index is 0.195. The van der Waals surface area contributed by atoms with Crippen molar-refractivity contribution >= 4 is 5.69 Å². The first kappa shape index (κ1) is 14.9. The van der Waals surface area contributed by atoms with E-state index < -0.39 is 0 Å². The van der Waals surface area contributed by atoms with Gasteiger partial charge in [0.2, 0.25) is 0 Å². The molecule has 0 aliphatic heterocycles. The quantitative estimate of drug-likeness (QED) is 0.848. The van der Waals surface area contributed by atoms with E-state index in [1.165, 1.54) is 12.1 Å². The Morgan fingerprint density at radius 3 is 2.56 bits per heavy atom. The molecule has 0 radical (unpaired) electrons. The molecule has 0 saturated carbocycles. The molecular formula is C14H23FN2O. The van der Waals surface area contributed by atoms with Crippen molar-refractivity contribution < 1.29 is 9.13 Å². The molecule has 4 heteroatoms. The van der Waals surface area contributed by atoms with Crippen molar-refractivity contribution in [3.05, 3.63) is 29.6 Å². The molecule has 0 aromatic heterocycles. The zero-order chi connectivity index (χ0) is 13.7. The van der Waals surface area contributed by atoms with Crippen LogP contribution >= 0.6 is 0 Å². The summed E-state index contributed by atoms with van der Waals surface area (Å²) in [4.78, 5) is 2.18. The predicted octanol–water partition coefficient (Wildman–Crippen LogP) is 2.71. The van der Waals surface area contributed by atoms with Crippen LogP contribution in [0.3, 0.4) is 0 Å². The summed E-state index contributed by atoms with van der Waals surface area (Å²) in [6.45, 7) is 7.48. The van der Waals surface area contributed by atoms with E-state index in [9.17, 15) is 4.39 Å². The number of likely N-dealkylation sites (N-methyl/N-ethyl adjacent to an activating group) is 1. The number of benzene rings is 1. The Morgan fingerprint density at radius 1 is 1.39 bits per heavy atom. The Labute approximate surface area is 109 Å². The monoisotopic (exact) mass is 254 g/mol. The van der Waals surface area contributed by atoms with Crippen molar-refractivity contribution in [3.63, 3.8) is 0 Å². The minimum atomic E-state index is -0.249. The lowest BCUT2D eigenvalue weighted by Crippen LogP contribution is -2.37. The second-order valence-electron chi connectivity index (χ2n) is 4.58. The third-order valence-corrected chi connectivity index (χ3v) is 3.07. The van der Waals surface area contributed by atoms with Gasteiger partial charge in [0.1, 0.15) is 5.82 Å². The molecule has 1 aromatic carbocycles. The number of methoxy groups -OCH3 is 1. The number of halogens is 1. The van der Waals surface area contributed by atoms with Crippen LogP contribution in [-0.4, -0.2) is 26.3 Å². The van der Waals surface area contributed by atoms with Gasteiger partial charge in [-0.2, -0.15) is 0 Å². The van der Waals surface area contributed by atoms with Gasteiger partial charge < -0.3 is 15.4 Å². The molecule has 0 saturated heterocycles. The van der Waals surface area contributed by atoms with Crippen LogP contribution in [0.5, 0.6) is 0 Å². The molecule has 2 N–H and O–H groups in total. The molecule has 0 aliphatic carbocycles. The fourth-order valence-electron chi connectivity index (χ4n) is 2.20. The third-order valence-electron chi connectivity index (χ3n) is 3.07. The molecule has 3 nitrogen and oxygen atoms in total. The van der Waals surface area contributed by atoms with Gasteiger partial charge >= 0.3 is 0 Å². The summed E-state index contributed by atoms with van der Waals surface area (Å²) in [6.07, 6.45) is 0. The van der Waals surface area contributed by atoms with Gasteiger partial charge in [0.15, 0.2) is 0 Å². The van der Waals surface area contributed by atoms with Gasteiger partial charge in [-0.1, -0.05) is 0 Å². The Kier molecular flexibility index (Phi) is 5.56. The predicted molar refractivity (Wildman–Crippen MR) is 73.4 cm³/mol. The molecule has 0 aliphatic rings. The number of anilines is 1. The average molecular weight is 254 g/mol. The molecule has 102 valence electrons. The van der Waals surface area contributed by atoms with E-state index in [-0.39, 0.29) is 17.9 Å². The molecule has 1 unspecified atom stereocenters. The summed E-state index contributed by atoms with van der Waals surface area (Å²) >= 11 is 0. The average Bonchev–Trinajstić information content (AvgIpc) is 2.32. The normalized spacial score (nSPS) is 14.3. The van der Waals surface area contributed by atoms with Crippen LogP contribution < -0.4 is 10.6 Å². The SMILES string of the molecule is CCN(c1ccc(F)cc1[C@H](C)N)C(C)COC. The number of rotatable bonds is 6. The number of ether oxygens (including phenoxy) is 1. The van der Waals surface area contributed by atoms with E-state index in [4.69, 9.17) is 10.5 Å². The second-order valence-corrected chi connectivity index (χ2v) is 4.58. The Morgan fingerprint density at radius 2 is 2.06 bits per heavy atom. The summed E-state index contributed by atoms with van der Waals surface area (Å²) in [5, 5.41) is 0. The zero-order valence-electron chi connectivity index (χ0n) is 11.6. The van der Waals surface area contributed by atoms with E-state index >= 15 is 0 Å². The van der Waals surface area contributed by atoms with Gasteiger partial charge in [-0.3, -0.25) is 0 Å². The largest absolute Gasteiger partial charge is 0.383 e. The molecule has 0 amide bonds. The fourth-order valence-corrected chi connectivity index (χ4v) is 2.20. The van der Waals surface area contributed by atoms with Crippen molar-refractivity contribution in [2.45, 2.75) is 32.9 Å². The molecular weight excluding hydrogens is 231 g/mol. The highest BCUT2D eigenvalue weighted by Crippen LogP contribution is 2.27. The molecule has 0 spiro atoms. The molecule has 0 bridgehead atoms. The van der Waals surface area contributed by atoms with Gasteiger partial charge in [0.25, 0.3) is 0 Å². The van der Waals surface area contributed by atoms with Crippen molar-refractivity contribution in [2.24, 2.45) is 5.73 Å². The van der Waals surface area contributed by atoms with E-state index in [1.54, 1.807) is 13.2 Å². The van der Waals surface area contributed by atoms with Crippen molar-refractivity contribution in [2.75, 3.05) is 25.2 Å². The van der Waals surface area contributed by atoms with Gasteiger partial charge in [0, 0.05) is 31.4 Å². The lowest BCUT2D eigenvalue weighted by atomic mass is 10.0. The van der Waals surface area contributed by atoms with Crippen LogP contribution in [0.15, 0.2) is 18.2 Å². The first-order chi connectivity index (χ1) is 8.51. The van der Waals surface area contributed by atoms with Crippen LogP contribution in [0.1, 0.15) is 32.4 Å². The minimum Gasteiger partial charge on any atom is -0.383 e. The summed E-state index contributed by atoms with van der Waals surface area (Å²) in [5.74, 6) is -0.249. The van der Waals surface area contributed by atoms with Crippen LogP contribution in [0, 0.1) is 5.82 Å². The lowest BCUT2D eigenvalue weighted by Gasteiger charge is -2.32. The topological polar surface area (TPSA) is 38.5 Å². The van der Waals surface area contributed by atoms with Crippen molar-refractivity contribution in [1.29, 1.82) is 0 Å². The Hall–Kier alpha value is -1.13. The zero-order valence-corrected chi connectivity index (χ0v) is 11.6. The van der Waals surface area contributed by atoms with Crippen LogP contribution in [0.2, 0.25) is 0 Å². The van der Waals surface area contributed by atoms with Gasteiger partial charge in [-0.05, 0) is 44.5 Å². The molecule has 0 heterocycles. The highest BCUT2D eigenvalue weighted by molar-refractivity contribution is 5.55. The van der Waals surface area contributed by atoms with Gasteiger partial charge in [0.05, 0.1) is 6.61 Å². The van der Waals surface area contributed by atoms with E-state index in [0.29, 0.717) is 6.61 Å². The lowest BCUT2D eigenvalue weighted by molar-refractivity contribution is 0.182. The smallest absolute Gasteiger partial charge is 0.123 e. The van der Waals surface area contributed by atoms with E-state index in [1.807, 2.05) is 6.92 Å². The first-order valence-electron chi connectivity index (χ1n) is 6.31. The van der Waals surface area contributed by atoms with E-state index in [0.717, 1.165) is 17.8 Å². The summed E-state index contributed by atoms with van der Waals surface area (Å²) in [5.41, 5.74) is 7.74. The van der Waals surface area contributed by atoms with E-state index in [2.05, 4.69) is 18.7 Å². The number of nitrogens with two attached hydrogens (primary N) is 1. The standard InChI is InChI=1S/C14H23FN2O/c1-5-17(10(2)9-18-4)14-7-6-12(15)8-13(14)11(3)16/h6-8,10-11H,5,9,16H2,1-4H3/t10?,11-/m0/s1. The Bertz CT molecular complexity index is 382. The number of nitrogens with zero attached hydrogens (tertiary/aromatic N) is 1. The molecule has 1 rings (SSSR count).